The van der Waals surface area contributed by atoms with Crippen LogP contribution in [-0.4, -0.2) is 25.0 Å². The minimum Gasteiger partial charge on any atom is -0.352 e. The number of urea groups is 1. The molecule has 0 saturated heterocycles. The zero-order valence-corrected chi connectivity index (χ0v) is 19.5. The van der Waals surface area contributed by atoms with Gasteiger partial charge in [-0.3, -0.25) is 9.69 Å². The van der Waals surface area contributed by atoms with E-state index < -0.39 is 0 Å². The fourth-order valence-corrected chi connectivity index (χ4v) is 3.53. The van der Waals surface area contributed by atoms with E-state index in [1.165, 1.54) is 5.56 Å². The second-order valence-corrected chi connectivity index (χ2v) is 8.19. The van der Waals surface area contributed by atoms with Crippen LogP contribution >= 0.6 is 0 Å². The van der Waals surface area contributed by atoms with Gasteiger partial charge in [-0.25, -0.2) is 4.79 Å². The van der Waals surface area contributed by atoms with E-state index in [-0.39, 0.29) is 11.9 Å². The standard InChI is InChI=1S/C28H33N3O2/c1-3-4-9-23-14-16-24(17-15-23)27(32)29-20-8-21-31(26-10-6-5-7-11-26)28(33)30-25-18-12-22(2)13-19-25/h5-7,10-19H,3-4,8-9,20-21H2,1-2H3,(H,29,32)(H,30,33). The number of hydrogen-bond acceptors (Lipinski definition) is 2. The largest absolute Gasteiger partial charge is 0.352 e. The summed E-state index contributed by atoms with van der Waals surface area (Å²) in [7, 11) is 0. The lowest BCUT2D eigenvalue weighted by atomic mass is 10.1. The van der Waals surface area contributed by atoms with E-state index in [9.17, 15) is 9.59 Å². The van der Waals surface area contributed by atoms with Gasteiger partial charge in [0.2, 0.25) is 0 Å². The summed E-state index contributed by atoms with van der Waals surface area (Å²) < 4.78 is 0. The Hall–Kier alpha value is -3.60. The van der Waals surface area contributed by atoms with Gasteiger partial charge in [-0.15, -0.1) is 0 Å². The SMILES string of the molecule is CCCCc1ccc(C(=O)NCCCN(C(=O)Nc2ccc(C)cc2)c2ccccc2)cc1. The molecule has 3 aromatic rings. The average molecular weight is 444 g/mol. The number of benzene rings is 3. The molecule has 33 heavy (non-hydrogen) atoms. The van der Waals surface area contributed by atoms with Crippen molar-refractivity contribution >= 4 is 23.3 Å². The quantitative estimate of drug-likeness (QED) is 0.367. The van der Waals surface area contributed by atoms with Gasteiger partial charge in [-0.1, -0.05) is 61.4 Å². The van der Waals surface area contributed by atoms with Gasteiger partial charge in [-0.2, -0.15) is 0 Å². The first-order valence-electron chi connectivity index (χ1n) is 11.6. The van der Waals surface area contributed by atoms with Crippen LogP contribution in [0.15, 0.2) is 78.9 Å². The Morgan fingerprint density at radius 3 is 2.21 bits per heavy atom. The molecular weight excluding hydrogens is 410 g/mol. The highest BCUT2D eigenvalue weighted by molar-refractivity contribution is 6.01. The normalized spacial score (nSPS) is 10.5. The smallest absolute Gasteiger partial charge is 0.326 e. The third-order valence-corrected chi connectivity index (χ3v) is 5.50. The third-order valence-electron chi connectivity index (χ3n) is 5.50. The number of rotatable bonds is 10. The number of unbranched alkanes of at least 4 members (excludes halogenated alkanes) is 1. The number of aryl methyl sites for hydroxylation is 2. The summed E-state index contributed by atoms with van der Waals surface area (Å²) in [5.41, 5.74) is 4.62. The van der Waals surface area contributed by atoms with Crippen molar-refractivity contribution in [1.29, 1.82) is 0 Å². The molecule has 3 aromatic carbocycles. The number of anilines is 2. The Kier molecular flexibility index (Phi) is 9.07. The van der Waals surface area contributed by atoms with Crippen LogP contribution in [0, 0.1) is 6.92 Å². The minimum absolute atomic E-state index is 0.0904. The molecule has 0 saturated carbocycles. The minimum atomic E-state index is -0.195. The molecular formula is C28H33N3O2. The summed E-state index contributed by atoms with van der Waals surface area (Å²) in [6, 6.07) is 24.9. The van der Waals surface area contributed by atoms with Gasteiger partial charge in [0, 0.05) is 30.0 Å². The Bertz CT molecular complexity index is 1020. The topological polar surface area (TPSA) is 61.4 Å². The highest BCUT2D eigenvalue weighted by Crippen LogP contribution is 2.17. The first-order chi connectivity index (χ1) is 16.1. The van der Waals surface area contributed by atoms with Gasteiger partial charge in [0.1, 0.15) is 0 Å². The number of hydrogen-bond donors (Lipinski definition) is 2. The van der Waals surface area contributed by atoms with Crippen LogP contribution in [0.5, 0.6) is 0 Å². The van der Waals surface area contributed by atoms with Gasteiger partial charge in [-0.05, 0) is 68.1 Å². The first kappa shape index (κ1) is 24.1. The number of carbonyl (C=O) groups is 2. The molecule has 0 aromatic heterocycles. The zero-order valence-electron chi connectivity index (χ0n) is 19.5. The van der Waals surface area contributed by atoms with Crippen LogP contribution in [0.2, 0.25) is 0 Å². The van der Waals surface area contributed by atoms with Crippen LogP contribution in [0.4, 0.5) is 16.2 Å². The van der Waals surface area contributed by atoms with Crippen LogP contribution in [-0.2, 0) is 6.42 Å². The first-order valence-corrected chi connectivity index (χ1v) is 11.6. The lowest BCUT2D eigenvalue weighted by Gasteiger charge is -2.23. The highest BCUT2D eigenvalue weighted by atomic mass is 16.2. The number of amides is 3. The second-order valence-electron chi connectivity index (χ2n) is 8.19. The van der Waals surface area contributed by atoms with Gasteiger partial charge >= 0.3 is 6.03 Å². The average Bonchev–Trinajstić information content (AvgIpc) is 2.84. The van der Waals surface area contributed by atoms with Crippen LogP contribution < -0.4 is 15.5 Å². The maximum Gasteiger partial charge on any atom is 0.326 e. The summed E-state index contributed by atoms with van der Waals surface area (Å²) >= 11 is 0. The number of para-hydroxylation sites is 1. The fourth-order valence-electron chi connectivity index (χ4n) is 3.53. The van der Waals surface area contributed by atoms with Gasteiger partial charge in [0.25, 0.3) is 5.91 Å². The molecule has 0 fully saturated rings. The van der Waals surface area contributed by atoms with E-state index in [0.29, 0.717) is 25.1 Å². The summed E-state index contributed by atoms with van der Waals surface area (Å²) in [5, 5.41) is 5.93. The van der Waals surface area contributed by atoms with E-state index in [2.05, 4.69) is 17.6 Å². The Balaban J connectivity index is 1.54. The molecule has 0 aliphatic heterocycles. The lowest BCUT2D eigenvalue weighted by Crippen LogP contribution is -2.37. The molecule has 3 amide bonds. The van der Waals surface area contributed by atoms with Gasteiger partial charge in [0.15, 0.2) is 0 Å². The Morgan fingerprint density at radius 2 is 1.55 bits per heavy atom. The predicted molar refractivity (Wildman–Crippen MR) is 136 cm³/mol. The highest BCUT2D eigenvalue weighted by Gasteiger charge is 2.16. The van der Waals surface area contributed by atoms with Crippen molar-refractivity contribution in [1.82, 2.24) is 5.32 Å². The maximum atomic E-state index is 13.0. The van der Waals surface area contributed by atoms with E-state index in [4.69, 9.17) is 0 Å². The van der Waals surface area contributed by atoms with Crippen LogP contribution in [0.25, 0.3) is 0 Å². The second kappa shape index (κ2) is 12.4. The molecule has 0 spiro atoms. The molecule has 0 aliphatic carbocycles. The van der Waals surface area contributed by atoms with Crippen LogP contribution in [0.3, 0.4) is 0 Å². The molecule has 5 nitrogen and oxygen atoms in total. The molecule has 0 atom stereocenters. The summed E-state index contributed by atoms with van der Waals surface area (Å²) in [6.07, 6.45) is 3.99. The van der Waals surface area contributed by atoms with E-state index >= 15 is 0 Å². The monoisotopic (exact) mass is 443 g/mol. The lowest BCUT2D eigenvalue weighted by molar-refractivity contribution is 0.0953. The molecule has 0 radical (unpaired) electrons. The van der Waals surface area contributed by atoms with E-state index in [1.54, 1.807) is 4.90 Å². The van der Waals surface area contributed by atoms with Crippen molar-refractivity contribution in [3.8, 4) is 0 Å². The number of carbonyl (C=O) groups excluding carboxylic acids is 2. The summed E-state index contributed by atoms with van der Waals surface area (Å²) in [5.74, 6) is -0.0904. The van der Waals surface area contributed by atoms with Crippen LogP contribution in [0.1, 0.15) is 47.7 Å². The Labute approximate surface area is 196 Å². The van der Waals surface area contributed by atoms with Gasteiger partial charge < -0.3 is 10.6 Å². The molecule has 2 N–H and O–H groups in total. The molecule has 5 heteroatoms. The summed E-state index contributed by atoms with van der Waals surface area (Å²) in [6.45, 7) is 5.15. The molecule has 0 unspecified atom stereocenters. The van der Waals surface area contributed by atoms with Crippen molar-refractivity contribution in [2.75, 3.05) is 23.3 Å². The molecule has 0 heterocycles. The fraction of sp³-hybridized carbons (Fsp3) is 0.286. The Morgan fingerprint density at radius 1 is 0.848 bits per heavy atom. The summed E-state index contributed by atoms with van der Waals surface area (Å²) in [4.78, 5) is 27.2. The van der Waals surface area contributed by atoms with Crippen molar-refractivity contribution in [2.24, 2.45) is 0 Å². The molecule has 3 rings (SSSR count). The van der Waals surface area contributed by atoms with E-state index in [1.807, 2.05) is 85.8 Å². The van der Waals surface area contributed by atoms with Crippen molar-refractivity contribution in [2.45, 2.75) is 39.5 Å². The maximum absolute atomic E-state index is 13.0. The molecule has 172 valence electrons. The third kappa shape index (κ3) is 7.49. The van der Waals surface area contributed by atoms with Crippen molar-refractivity contribution < 1.29 is 9.59 Å². The number of nitrogens with one attached hydrogen (secondary N) is 2. The van der Waals surface area contributed by atoms with E-state index in [0.717, 1.165) is 36.2 Å². The molecule has 0 bridgehead atoms. The molecule has 0 aliphatic rings. The predicted octanol–water partition coefficient (Wildman–Crippen LogP) is 6.20. The number of nitrogens with zero attached hydrogens (tertiary/aromatic N) is 1. The zero-order chi connectivity index (χ0) is 23.5. The van der Waals surface area contributed by atoms with Gasteiger partial charge in [0.05, 0.1) is 0 Å². The van der Waals surface area contributed by atoms with Crippen molar-refractivity contribution in [3.63, 3.8) is 0 Å². The van der Waals surface area contributed by atoms with Crippen molar-refractivity contribution in [3.05, 3.63) is 95.6 Å².